The minimum atomic E-state index is -0.417. The van der Waals surface area contributed by atoms with Crippen LogP contribution in [-0.2, 0) is 16.1 Å². The lowest BCUT2D eigenvalue weighted by atomic mass is 10.1. The number of anilines is 1. The minimum Gasteiger partial charge on any atom is -0.462 e. The van der Waals surface area contributed by atoms with Crippen molar-refractivity contribution in [2.45, 2.75) is 110 Å². The van der Waals surface area contributed by atoms with Crippen molar-refractivity contribution in [3.8, 4) is 0 Å². The highest BCUT2D eigenvalue weighted by Gasteiger charge is 2.18. The molecule has 0 saturated carbocycles. The summed E-state index contributed by atoms with van der Waals surface area (Å²) in [5, 5.41) is 3.41. The number of nitrogens with two attached hydrogens (primary N) is 1. The van der Waals surface area contributed by atoms with Crippen molar-refractivity contribution >= 4 is 28.2 Å². The van der Waals surface area contributed by atoms with Crippen LogP contribution in [0.5, 0.6) is 0 Å². The Bertz CT molecular complexity index is 670. The van der Waals surface area contributed by atoms with Gasteiger partial charge in [-0.2, -0.15) is 0 Å². The van der Waals surface area contributed by atoms with Crippen molar-refractivity contribution in [3.63, 3.8) is 0 Å². The highest BCUT2D eigenvalue weighted by molar-refractivity contribution is 7.16. The molecule has 0 unspecified atom stereocenters. The summed E-state index contributed by atoms with van der Waals surface area (Å²) in [6.45, 7) is 4.66. The maximum atomic E-state index is 12.3. The SMILES string of the molecule is CCCCCCCC/C=C\CCCCCCCC(=O)Nc1sc(CN)cc1C(=O)OCC. The summed E-state index contributed by atoms with van der Waals surface area (Å²) in [6.07, 6.45) is 21.2. The predicted molar refractivity (Wildman–Crippen MR) is 136 cm³/mol. The zero-order valence-corrected chi connectivity index (χ0v) is 21.1. The summed E-state index contributed by atoms with van der Waals surface area (Å²) in [4.78, 5) is 25.2. The molecular weight excluding hydrogens is 420 g/mol. The number of esters is 1. The number of unbranched alkanes of at least 4 members (excludes halogenated alkanes) is 11. The average molecular weight is 465 g/mol. The van der Waals surface area contributed by atoms with Gasteiger partial charge >= 0.3 is 5.97 Å². The van der Waals surface area contributed by atoms with Gasteiger partial charge in [-0.3, -0.25) is 4.79 Å². The van der Waals surface area contributed by atoms with E-state index in [-0.39, 0.29) is 5.91 Å². The van der Waals surface area contributed by atoms with Gasteiger partial charge in [0.15, 0.2) is 0 Å². The van der Waals surface area contributed by atoms with Crippen molar-refractivity contribution in [1.29, 1.82) is 0 Å². The lowest BCUT2D eigenvalue weighted by Gasteiger charge is -2.06. The third-order valence-electron chi connectivity index (χ3n) is 5.40. The van der Waals surface area contributed by atoms with E-state index in [4.69, 9.17) is 10.5 Å². The van der Waals surface area contributed by atoms with E-state index in [1.165, 1.54) is 69.1 Å². The van der Waals surface area contributed by atoms with Crippen molar-refractivity contribution in [1.82, 2.24) is 0 Å². The summed E-state index contributed by atoms with van der Waals surface area (Å²) in [5.74, 6) is -0.474. The second-order valence-corrected chi connectivity index (χ2v) is 9.40. The molecule has 5 nitrogen and oxygen atoms in total. The molecule has 0 aliphatic heterocycles. The Kier molecular flexibility index (Phi) is 16.7. The Morgan fingerprint density at radius 3 is 2.12 bits per heavy atom. The van der Waals surface area contributed by atoms with Crippen LogP contribution in [0, 0.1) is 0 Å². The fourth-order valence-corrected chi connectivity index (χ4v) is 4.48. The summed E-state index contributed by atoms with van der Waals surface area (Å²) < 4.78 is 5.07. The van der Waals surface area contributed by atoms with Crippen LogP contribution in [0.15, 0.2) is 18.2 Å². The number of carbonyl (C=O) groups is 2. The van der Waals surface area contributed by atoms with E-state index in [0.29, 0.717) is 30.1 Å². The van der Waals surface area contributed by atoms with Gasteiger partial charge in [-0.05, 0) is 45.1 Å². The predicted octanol–water partition coefficient (Wildman–Crippen LogP) is 7.36. The molecule has 0 radical (unpaired) electrons. The minimum absolute atomic E-state index is 0.0569. The number of thiophene rings is 1. The first kappa shape index (κ1) is 28.4. The fourth-order valence-electron chi connectivity index (χ4n) is 3.54. The second kappa shape index (κ2) is 18.9. The number of carbonyl (C=O) groups excluding carboxylic acids is 2. The first-order chi connectivity index (χ1) is 15.6. The van der Waals surface area contributed by atoms with Crippen molar-refractivity contribution in [3.05, 3.63) is 28.7 Å². The van der Waals surface area contributed by atoms with Gasteiger partial charge in [-0.15, -0.1) is 11.3 Å². The normalized spacial score (nSPS) is 11.2. The van der Waals surface area contributed by atoms with Crippen LogP contribution < -0.4 is 11.1 Å². The molecule has 0 aliphatic rings. The largest absolute Gasteiger partial charge is 0.462 e. The van der Waals surface area contributed by atoms with Crippen LogP contribution in [0.3, 0.4) is 0 Å². The Balaban J connectivity index is 2.09. The van der Waals surface area contributed by atoms with Gasteiger partial charge in [-0.1, -0.05) is 70.4 Å². The van der Waals surface area contributed by atoms with Crippen LogP contribution >= 0.6 is 11.3 Å². The van der Waals surface area contributed by atoms with Crippen LogP contribution in [-0.4, -0.2) is 18.5 Å². The number of hydrogen-bond donors (Lipinski definition) is 2. The third-order valence-corrected chi connectivity index (χ3v) is 6.47. The quantitative estimate of drug-likeness (QED) is 0.127. The van der Waals surface area contributed by atoms with E-state index in [9.17, 15) is 9.59 Å². The van der Waals surface area contributed by atoms with E-state index >= 15 is 0 Å². The maximum absolute atomic E-state index is 12.3. The molecule has 0 bridgehead atoms. The Hall–Kier alpha value is -1.66. The summed E-state index contributed by atoms with van der Waals surface area (Å²) in [7, 11) is 0. The monoisotopic (exact) mass is 464 g/mol. The molecule has 0 saturated heterocycles. The average Bonchev–Trinajstić information content (AvgIpc) is 3.19. The summed E-state index contributed by atoms with van der Waals surface area (Å²) in [6, 6.07) is 1.71. The Labute approximate surface area is 199 Å². The molecule has 0 aliphatic carbocycles. The molecule has 0 aromatic carbocycles. The van der Waals surface area contributed by atoms with Crippen LogP contribution in [0.1, 0.15) is 119 Å². The third kappa shape index (κ3) is 13.0. The molecule has 1 heterocycles. The fraction of sp³-hybridized carbons (Fsp3) is 0.692. The Morgan fingerprint density at radius 1 is 0.938 bits per heavy atom. The number of amides is 1. The molecule has 0 fully saturated rings. The number of rotatable bonds is 19. The van der Waals surface area contributed by atoms with Crippen molar-refractivity contribution in [2.75, 3.05) is 11.9 Å². The highest BCUT2D eigenvalue weighted by Crippen LogP contribution is 2.29. The van der Waals surface area contributed by atoms with E-state index in [2.05, 4.69) is 24.4 Å². The second-order valence-electron chi connectivity index (χ2n) is 8.26. The molecule has 1 amide bonds. The van der Waals surface area contributed by atoms with E-state index < -0.39 is 5.97 Å². The number of allylic oxidation sites excluding steroid dienone is 2. The molecule has 1 aromatic rings. The zero-order chi connectivity index (χ0) is 23.4. The van der Waals surface area contributed by atoms with Crippen LogP contribution in [0.25, 0.3) is 0 Å². The summed E-state index contributed by atoms with van der Waals surface area (Å²) in [5.41, 5.74) is 6.08. The zero-order valence-electron chi connectivity index (χ0n) is 20.3. The van der Waals surface area contributed by atoms with Gasteiger partial charge in [0.25, 0.3) is 0 Å². The van der Waals surface area contributed by atoms with Gasteiger partial charge in [0, 0.05) is 17.8 Å². The van der Waals surface area contributed by atoms with Gasteiger partial charge in [-0.25, -0.2) is 4.79 Å². The maximum Gasteiger partial charge on any atom is 0.341 e. The smallest absolute Gasteiger partial charge is 0.341 e. The molecule has 32 heavy (non-hydrogen) atoms. The van der Waals surface area contributed by atoms with Gasteiger partial charge < -0.3 is 15.8 Å². The number of hydrogen-bond acceptors (Lipinski definition) is 5. The molecule has 182 valence electrons. The van der Waals surface area contributed by atoms with Crippen LogP contribution in [0.4, 0.5) is 5.00 Å². The Morgan fingerprint density at radius 2 is 1.53 bits per heavy atom. The highest BCUT2D eigenvalue weighted by atomic mass is 32.1. The van der Waals surface area contributed by atoms with E-state index in [1.54, 1.807) is 13.0 Å². The standard InChI is InChI=1S/C26H44N2O3S/c1-3-5-6-7-8-9-10-11-12-13-14-15-16-17-18-19-24(29)28-25-23(26(30)31-4-2)20-22(21-27)32-25/h11-12,20H,3-10,13-19,21,27H2,1-2H3,(H,28,29)/b12-11-. The number of ether oxygens (including phenoxy) is 1. The topological polar surface area (TPSA) is 81.4 Å². The van der Waals surface area contributed by atoms with Crippen LogP contribution in [0.2, 0.25) is 0 Å². The van der Waals surface area contributed by atoms with Crippen molar-refractivity contribution < 1.29 is 14.3 Å². The molecule has 3 N–H and O–H groups in total. The first-order valence-electron chi connectivity index (χ1n) is 12.6. The molecule has 1 rings (SSSR count). The lowest BCUT2D eigenvalue weighted by molar-refractivity contribution is -0.116. The van der Waals surface area contributed by atoms with Crippen molar-refractivity contribution in [2.24, 2.45) is 5.73 Å². The molecule has 0 spiro atoms. The molecule has 6 heteroatoms. The van der Waals surface area contributed by atoms with Gasteiger partial charge in [0.2, 0.25) is 5.91 Å². The molecule has 1 aromatic heterocycles. The molecular formula is C26H44N2O3S. The lowest BCUT2D eigenvalue weighted by Crippen LogP contribution is -2.13. The van der Waals surface area contributed by atoms with E-state index in [0.717, 1.165) is 30.6 Å². The molecule has 0 atom stereocenters. The van der Waals surface area contributed by atoms with E-state index in [1.807, 2.05) is 0 Å². The van der Waals surface area contributed by atoms with Gasteiger partial charge in [0.1, 0.15) is 5.00 Å². The summed E-state index contributed by atoms with van der Waals surface area (Å²) >= 11 is 1.34. The first-order valence-corrected chi connectivity index (χ1v) is 13.4. The number of nitrogens with one attached hydrogen (secondary N) is 1. The van der Waals surface area contributed by atoms with Gasteiger partial charge in [0.05, 0.1) is 12.2 Å².